The highest BCUT2D eigenvalue weighted by Gasteiger charge is 2.27. The molecule has 1 aromatic rings. The highest BCUT2D eigenvalue weighted by molar-refractivity contribution is 5.85. The van der Waals surface area contributed by atoms with Gasteiger partial charge >= 0.3 is 12.3 Å². The first-order valence-corrected chi connectivity index (χ1v) is 5.51. The molecule has 0 saturated heterocycles. The largest absolute Gasteiger partial charge is 0.449 e. The minimum absolute atomic E-state index is 0.323. The van der Waals surface area contributed by atoms with Gasteiger partial charge in [0, 0.05) is 5.69 Å². The van der Waals surface area contributed by atoms with Crippen LogP contribution in [0.2, 0.25) is 0 Å². The standard InChI is InChI=1S/C12H11F3N2O3/c1-8-6-9(2-3-10(8)16-7-18)17-11(19)20-5-4-12(13,14)15/h2-3,6H,4-5H2,1H3,(H,17,19). The third-order valence-electron chi connectivity index (χ3n) is 2.23. The molecule has 0 saturated carbocycles. The molecule has 0 aliphatic heterocycles. The average molecular weight is 288 g/mol. The van der Waals surface area contributed by atoms with Crippen molar-refractivity contribution in [3.8, 4) is 0 Å². The molecule has 1 N–H and O–H groups in total. The van der Waals surface area contributed by atoms with Gasteiger partial charge in [-0.25, -0.2) is 9.59 Å². The number of hydrogen-bond acceptors (Lipinski definition) is 4. The van der Waals surface area contributed by atoms with E-state index in [2.05, 4.69) is 15.0 Å². The molecule has 5 nitrogen and oxygen atoms in total. The fourth-order valence-electron chi connectivity index (χ4n) is 1.32. The van der Waals surface area contributed by atoms with E-state index in [0.717, 1.165) is 0 Å². The molecule has 0 unspecified atom stereocenters. The van der Waals surface area contributed by atoms with E-state index in [0.29, 0.717) is 16.9 Å². The molecule has 1 aromatic carbocycles. The van der Waals surface area contributed by atoms with Crippen molar-refractivity contribution in [2.75, 3.05) is 11.9 Å². The number of benzene rings is 1. The van der Waals surface area contributed by atoms with E-state index in [1.54, 1.807) is 6.92 Å². The Morgan fingerprint density at radius 1 is 1.45 bits per heavy atom. The molecular weight excluding hydrogens is 277 g/mol. The second-order valence-corrected chi connectivity index (χ2v) is 3.83. The van der Waals surface area contributed by atoms with Crippen LogP contribution in [0.3, 0.4) is 0 Å². The van der Waals surface area contributed by atoms with Gasteiger partial charge in [-0.3, -0.25) is 5.32 Å². The third kappa shape index (κ3) is 5.53. The van der Waals surface area contributed by atoms with Crippen LogP contribution in [0.25, 0.3) is 0 Å². The summed E-state index contributed by atoms with van der Waals surface area (Å²) in [4.78, 5) is 24.8. The quantitative estimate of drug-likeness (QED) is 0.681. The summed E-state index contributed by atoms with van der Waals surface area (Å²) >= 11 is 0. The first-order chi connectivity index (χ1) is 9.31. The molecule has 1 rings (SSSR count). The zero-order valence-corrected chi connectivity index (χ0v) is 10.5. The number of ether oxygens (including phenoxy) is 1. The lowest BCUT2D eigenvalue weighted by Gasteiger charge is -2.09. The van der Waals surface area contributed by atoms with Crippen molar-refractivity contribution in [3.63, 3.8) is 0 Å². The van der Waals surface area contributed by atoms with Crippen LogP contribution in [0.1, 0.15) is 12.0 Å². The average Bonchev–Trinajstić information content (AvgIpc) is 2.31. The van der Waals surface area contributed by atoms with Crippen LogP contribution in [-0.2, 0) is 9.53 Å². The van der Waals surface area contributed by atoms with Gasteiger partial charge in [0.1, 0.15) is 6.61 Å². The van der Waals surface area contributed by atoms with Gasteiger partial charge in [0.25, 0.3) is 0 Å². The smallest absolute Gasteiger partial charge is 0.411 e. The molecule has 0 radical (unpaired) electrons. The number of nitrogens with zero attached hydrogens (tertiary/aromatic N) is 1. The van der Waals surface area contributed by atoms with E-state index in [1.165, 1.54) is 24.3 Å². The molecule has 0 heterocycles. The first kappa shape index (κ1) is 15.7. The zero-order chi connectivity index (χ0) is 15.2. The normalized spacial score (nSPS) is 10.6. The van der Waals surface area contributed by atoms with Gasteiger partial charge in [-0.05, 0) is 30.7 Å². The summed E-state index contributed by atoms with van der Waals surface area (Å²) in [5, 5.41) is 2.27. The Morgan fingerprint density at radius 2 is 2.15 bits per heavy atom. The van der Waals surface area contributed by atoms with Crippen LogP contribution in [0.15, 0.2) is 23.2 Å². The van der Waals surface area contributed by atoms with Gasteiger partial charge < -0.3 is 4.74 Å². The molecule has 20 heavy (non-hydrogen) atoms. The van der Waals surface area contributed by atoms with E-state index in [4.69, 9.17) is 0 Å². The van der Waals surface area contributed by atoms with Gasteiger partial charge in [0.2, 0.25) is 6.08 Å². The molecule has 108 valence electrons. The maximum atomic E-state index is 11.8. The first-order valence-electron chi connectivity index (χ1n) is 5.51. The fourth-order valence-corrected chi connectivity index (χ4v) is 1.32. The Morgan fingerprint density at radius 3 is 2.70 bits per heavy atom. The van der Waals surface area contributed by atoms with Crippen LogP contribution >= 0.6 is 0 Å². The molecule has 1 amide bonds. The molecule has 0 spiro atoms. The number of hydrogen-bond donors (Lipinski definition) is 1. The lowest BCUT2D eigenvalue weighted by molar-refractivity contribution is -0.140. The summed E-state index contributed by atoms with van der Waals surface area (Å²) < 4.78 is 39.9. The summed E-state index contributed by atoms with van der Waals surface area (Å²) in [7, 11) is 0. The van der Waals surface area contributed by atoms with Crippen LogP contribution in [0, 0.1) is 6.92 Å². The molecule has 0 fully saturated rings. The second kappa shape index (κ2) is 6.72. The van der Waals surface area contributed by atoms with Crippen molar-refractivity contribution in [1.82, 2.24) is 0 Å². The maximum Gasteiger partial charge on any atom is 0.411 e. The summed E-state index contributed by atoms with van der Waals surface area (Å²) in [6.45, 7) is 0.901. The summed E-state index contributed by atoms with van der Waals surface area (Å²) in [5.41, 5.74) is 1.31. The van der Waals surface area contributed by atoms with E-state index in [9.17, 15) is 22.8 Å². The zero-order valence-electron chi connectivity index (χ0n) is 10.5. The Bertz CT molecular complexity index is 537. The van der Waals surface area contributed by atoms with Crippen LogP contribution in [0.5, 0.6) is 0 Å². The van der Waals surface area contributed by atoms with Crippen molar-refractivity contribution in [1.29, 1.82) is 0 Å². The number of carbonyl (C=O) groups excluding carboxylic acids is 2. The highest BCUT2D eigenvalue weighted by Crippen LogP contribution is 2.22. The van der Waals surface area contributed by atoms with Crippen molar-refractivity contribution >= 4 is 23.5 Å². The van der Waals surface area contributed by atoms with Gasteiger partial charge in [0.05, 0.1) is 12.1 Å². The van der Waals surface area contributed by atoms with Crippen molar-refractivity contribution in [2.24, 2.45) is 4.99 Å². The number of amides is 1. The monoisotopic (exact) mass is 288 g/mol. The Labute approximate surface area is 112 Å². The molecule has 8 heteroatoms. The van der Waals surface area contributed by atoms with Crippen molar-refractivity contribution in [2.45, 2.75) is 19.5 Å². The fraction of sp³-hybridized carbons (Fsp3) is 0.333. The topological polar surface area (TPSA) is 67.8 Å². The minimum Gasteiger partial charge on any atom is -0.449 e. The number of rotatable bonds is 4. The second-order valence-electron chi connectivity index (χ2n) is 3.83. The Balaban J connectivity index is 2.54. The van der Waals surface area contributed by atoms with E-state index < -0.39 is 25.3 Å². The lowest BCUT2D eigenvalue weighted by Crippen LogP contribution is -2.18. The molecule has 0 atom stereocenters. The predicted molar refractivity (Wildman–Crippen MR) is 64.6 cm³/mol. The summed E-state index contributed by atoms with van der Waals surface area (Å²) in [6.07, 6.45) is -5.17. The maximum absolute atomic E-state index is 11.8. The Kier molecular flexibility index (Phi) is 5.28. The third-order valence-corrected chi connectivity index (χ3v) is 2.23. The number of isocyanates is 1. The van der Waals surface area contributed by atoms with Gasteiger partial charge in [-0.2, -0.15) is 18.2 Å². The molecule has 0 aliphatic rings. The van der Waals surface area contributed by atoms with Crippen molar-refractivity contribution in [3.05, 3.63) is 23.8 Å². The lowest BCUT2D eigenvalue weighted by atomic mass is 10.2. The van der Waals surface area contributed by atoms with Crippen LogP contribution in [0.4, 0.5) is 29.3 Å². The SMILES string of the molecule is Cc1cc(NC(=O)OCCC(F)(F)F)ccc1N=C=O. The van der Waals surface area contributed by atoms with Crippen molar-refractivity contribution < 1.29 is 27.5 Å². The number of carbonyl (C=O) groups is 1. The number of aryl methyl sites for hydroxylation is 1. The predicted octanol–water partition coefficient (Wildman–Crippen LogP) is 3.46. The number of anilines is 1. The minimum atomic E-state index is -4.37. The highest BCUT2D eigenvalue weighted by atomic mass is 19.4. The van der Waals surface area contributed by atoms with E-state index in [-0.39, 0.29) is 0 Å². The molecular formula is C12H11F3N2O3. The molecule has 0 aromatic heterocycles. The number of alkyl halides is 3. The van der Waals surface area contributed by atoms with Gasteiger partial charge in [-0.15, -0.1) is 0 Å². The van der Waals surface area contributed by atoms with E-state index >= 15 is 0 Å². The van der Waals surface area contributed by atoms with E-state index in [1.807, 2.05) is 0 Å². The number of aliphatic imine (C=N–C) groups is 1. The Hall–Kier alpha value is -2.34. The van der Waals surface area contributed by atoms with Gasteiger partial charge in [0.15, 0.2) is 0 Å². The van der Waals surface area contributed by atoms with Gasteiger partial charge in [-0.1, -0.05) is 0 Å². The molecule has 0 bridgehead atoms. The summed E-state index contributed by atoms with van der Waals surface area (Å²) in [5.74, 6) is 0. The molecule has 0 aliphatic carbocycles. The summed E-state index contributed by atoms with van der Waals surface area (Å²) in [6, 6.07) is 4.40. The number of halogens is 3. The van der Waals surface area contributed by atoms with Crippen LogP contribution in [-0.4, -0.2) is 25.0 Å². The number of nitrogens with one attached hydrogen (secondary N) is 1. The van der Waals surface area contributed by atoms with Crippen LogP contribution < -0.4 is 5.32 Å².